The molecule has 2 N–H and O–H groups in total. The lowest BCUT2D eigenvalue weighted by atomic mass is 10.2. The molecule has 1 saturated heterocycles. The molecule has 10 heteroatoms. The van der Waals surface area contributed by atoms with E-state index >= 15 is 0 Å². The Morgan fingerprint density at radius 1 is 1.30 bits per heavy atom. The van der Waals surface area contributed by atoms with Gasteiger partial charge in [-0.25, -0.2) is 0 Å². The molecule has 0 aliphatic carbocycles. The minimum atomic E-state index is -0.389. The first-order valence-electron chi connectivity index (χ1n) is 8.61. The van der Waals surface area contributed by atoms with Gasteiger partial charge in [0.05, 0.1) is 29.3 Å². The Kier molecular flexibility index (Phi) is 7.37. The van der Waals surface area contributed by atoms with E-state index in [1.165, 1.54) is 18.9 Å². The van der Waals surface area contributed by atoms with Gasteiger partial charge >= 0.3 is 0 Å². The molecule has 0 aromatic heterocycles. The van der Waals surface area contributed by atoms with Gasteiger partial charge in [-0.3, -0.25) is 4.79 Å². The smallest absolute Gasteiger partial charge is 0.260 e. The van der Waals surface area contributed by atoms with Gasteiger partial charge in [0.15, 0.2) is 23.6 Å². The van der Waals surface area contributed by atoms with Crippen LogP contribution in [0.3, 0.4) is 0 Å². The Balaban J connectivity index is 1.80. The third-order valence-electron chi connectivity index (χ3n) is 4.01. The number of nitrogens with zero attached hydrogens (tertiary/aromatic N) is 1. The summed E-state index contributed by atoms with van der Waals surface area (Å²) in [6.07, 6.45) is 1.75. The first-order valence-corrected chi connectivity index (χ1v) is 10.7. The number of hydrogen-bond donors (Lipinski definition) is 2. The van der Waals surface area contributed by atoms with Crippen LogP contribution in [-0.2, 0) is 4.79 Å². The van der Waals surface area contributed by atoms with Crippen LogP contribution >= 0.6 is 39.3 Å². The summed E-state index contributed by atoms with van der Waals surface area (Å²) in [6, 6.07) is 10.7. The number of nitriles is 1. The summed E-state index contributed by atoms with van der Waals surface area (Å²) in [4.78, 5) is 13.0. The molecule has 1 fully saturated rings. The van der Waals surface area contributed by atoms with Crippen LogP contribution in [0.4, 0.5) is 5.69 Å². The van der Waals surface area contributed by atoms with Crippen LogP contribution in [0.15, 0.2) is 39.7 Å². The van der Waals surface area contributed by atoms with Crippen molar-refractivity contribution >= 4 is 57.0 Å². The number of nitrogens with one attached hydrogen (secondary N) is 2. The van der Waals surface area contributed by atoms with E-state index in [1.807, 2.05) is 6.07 Å². The van der Waals surface area contributed by atoms with E-state index in [-0.39, 0.29) is 18.0 Å². The second kappa shape index (κ2) is 9.98. The Labute approximate surface area is 191 Å². The second-order valence-corrected chi connectivity index (χ2v) is 8.39. The normalized spacial score (nSPS) is 16.7. The number of thioether (sulfide) groups is 1. The fourth-order valence-corrected chi connectivity index (χ4v) is 4.44. The van der Waals surface area contributed by atoms with Crippen molar-refractivity contribution in [2.24, 2.45) is 0 Å². The van der Waals surface area contributed by atoms with Gasteiger partial charge in [0.2, 0.25) is 0 Å². The molecule has 0 saturated carbocycles. The van der Waals surface area contributed by atoms with Gasteiger partial charge in [-0.1, -0.05) is 23.4 Å². The second-order valence-electron chi connectivity index (χ2n) is 5.95. The van der Waals surface area contributed by atoms with Gasteiger partial charge in [-0.05, 0) is 57.9 Å². The van der Waals surface area contributed by atoms with Crippen molar-refractivity contribution in [3.8, 4) is 23.3 Å². The van der Waals surface area contributed by atoms with Gasteiger partial charge in [0.25, 0.3) is 5.91 Å². The van der Waals surface area contributed by atoms with Gasteiger partial charge in [0, 0.05) is 5.02 Å². The van der Waals surface area contributed by atoms with Crippen molar-refractivity contribution in [1.82, 2.24) is 5.32 Å². The maximum absolute atomic E-state index is 12.4. The van der Waals surface area contributed by atoms with E-state index in [1.54, 1.807) is 43.5 Å². The number of methoxy groups -OCH3 is 2. The SMILES string of the molecule is COc1ccc(Cl)cc1NC1NC(=O)/C(=C/c2cc(Br)c(OCC#N)c(OC)c2)S1. The first kappa shape index (κ1) is 22.2. The highest BCUT2D eigenvalue weighted by atomic mass is 79.9. The van der Waals surface area contributed by atoms with E-state index in [2.05, 4.69) is 26.6 Å². The van der Waals surface area contributed by atoms with Gasteiger partial charge in [0.1, 0.15) is 11.8 Å². The monoisotopic (exact) mass is 509 g/mol. The number of halogens is 2. The highest BCUT2D eigenvalue weighted by molar-refractivity contribution is 9.10. The highest BCUT2D eigenvalue weighted by Gasteiger charge is 2.28. The third kappa shape index (κ3) is 5.14. The molecular weight excluding hydrogens is 494 g/mol. The molecule has 3 rings (SSSR count). The van der Waals surface area contributed by atoms with E-state index in [0.717, 1.165) is 5.56 Å². The highest BCUT2D eigenvalue weighted by Crippen LogP contribution is 2.39. The summed E-state index contributed by atoms with van der Waals surface area (Å²) >= 11 is 10.8. The minimum Gasteiger partial charge on any atom is -0.495 e. The molecule has 1 aliphatic heterocycles. The molecule has 1 heterocycles. The zero-order valence-electron chi connectivity index (χ0n) is 16.0. The lowest BCUT2D eigenvalue weighted by Gasteiger charge is -2.15. The Morgan fingerprint density at radius 2 is 2.07 bits per heavy atom. The number of carbonyl (C=O) groups is 1. The Hall–Kier alpha value is -2.54. The van der Waals surface area contributed by atoms with E-state index in [9.17, 15) is 4.79 Å². The number of benzene rings is 2. The number of rotatable bonds is 7. The number of amides is 1. The van der Waals surface area contributed by atoms with Crippen molar-refractivity contribution in [3.63, 3.8) is 0 Å². The molecule has 1 atom stereocenters. The first-order chi connectivity index (χ1) is 14.4. The van der Waals surface area contributed by atoms with Gasteiger partial charge in [-0.15, -0.1) is 0 Å². The Morgan fingerprint density at radius 3 is 2.77 bits per heavy atom. The molecule has 30 heavy (non-hydrogen) atoms. The summed E-state index contributed by atoms with van der Waals surface area (Å²) in [5.41, 5.74) is 1.02. The molecule has 1 aliphatic rings. The van der Waals surface area contributed by atoms with Crippen LogP contribution in [-0.4, -0.2) is 32.2 Å². The minimum absolute atomic E-state index is 0.103. The van der Waals surface area contributed by atoms with Crippen LogP contribution < -0.4 is 24.8 Å². The zero-order valence-corrected chi connectivity index (χ0v) is 19.2. The van der Waals surface area contributed by atoms with Crippen LogP contribution in [0.5, 0.6) is 17.2 Å². The van der Waals surface area contributed by atoms with E-state index < -0.39 is 0 Å². The molecule has 156 valence electrons. The van der Waals surface area contributed by atoms with E-state index in [4.69, 9.17) is 31.1 Å². The maximum atomic E-state index is 12.4. The van der Waals surface area contributed by atoms with Crippen molar-refractivity contribution in [2.45, 2.75) is 5.50 Å². The van der Waals surface area contributed by atoms with Crippen LogP contribution in [0.25, 0.3) is 6.08 Å². The largest absolute Gasteiger partial charge is 0.495 e. The summed E-state index contributed by atoms with van der Waals surface area (Å²) < 4.78 is 16.7. The number of anilines is 1. The number of ether oxygens (including phenoxy) is 3. The summed E-state index contributed by atoms with van der Waals surface area (Å²) in [5, 5.41) is 15.4. The molecule has 1 amide bonds. The van der Waals surface area contributed by atoms with Crippen LogP contribution in [0.1, 0.15) is 5.56 Å². The fourth-order valence-electron chi connectivity index (χ4n) is 2.72. The summed E-state index contributed by atoms with van der Waals surface area (Å²) in [6.45, 7) is -0.103. The zero-order chi connectivity index (χ0) is 21.7. The van der Waals surface area contributed by atoms with Gasteiger partial charge in [-0.2, -0.15) is 5.26 Å². The lowest BCUT2D eigenvalue weighted by Crippen LogP contribution is -2.31. The van der Waals surface area contributed by atoms with Gasteiger partial charge < -0.3 is 24.8 Å². The van der Waals surface area contributed by atoms with Crippen molar-refractivity contribution in [3.05, 3.63) is 50.3 Å². The number of hydrogen-bond acceptors (Lipinski definition) is 7. The average Bonchev–Trinajstić information content (AvgIpc) is 3.05. The molecule has 0 bridgehead atoms. The topological polar surface area (TPSA) is 92.6 Å². The standard InChI is InChI=1S/C20H17BrClN3O4S/c1-27-15-4-3-12(22)10-14(15)24-20-25-19(26)17(30-20)9-11-7-13(21)18(29-6-5-23)16(8-11)28-2/h3-4,7-10,20,24H,6H2,1-2H3,(H,25,26)/b17-9-. The Bertz CT molecular complexity index is 1040. The predicted octanol–water partition coefficient (Wildman–Crippen LogP) is 4.62. The molecule has 0 spiro atoms. The summed E-state index contributed by atoms with van der Waals surface area (Å²) in [5.74, 6) is 1.29. The molecule has 2 aromatic rings. The molecular formula is C20H17BrClN3O4S. The predicted molar refractivity (Wildman–Crippen MR) is 121 cm³/mol. The van der Waals surface area contributed by atoms with Crippen LogP contribution in [0.2, 0.25) is 5.02 Å². The fraction of sp³-hybridized carbons (Fsp3) is 0.200. The quantitative estimate of drug-likeness (QED) is 0.525. The van der Waals surface area contributed by atoms with Crippen molar-refractivity contribution in [2.75, 3.05) is 26.1 Å². The number of carbonyl (C=O) groups excluding carboxylic acids is 1. The van der Waals surface area contributed by atoms with Crippen molar-refractivity contribution < 1.29 is 19.0 Å². The molecule has 2 aromatic carbocycles. The van der Waals surface area contributed by atoms with Crippen molar-refractivity contribution in [1.29, 1.82) is 5.26 Å². The average molecular weight is 511 g/mol. The summed E-state index contributed by atoms with van der Waals surface area (Å²) in [7, 11) is 3.07. The lowest BCUT2D eigenvalue weighted by molar-refractivity contribution is -0.116. The molecule has 0 radical (unpaired) electrons. The third-order valence-corrected chi connectivity index (χ3v) is 5.86. The van der Waals surface area contributed by atoms with E-state index in [0.29, 0.717) is 37.3 Å². The molecule has 7 nitrogen and oxygen atoms in total. The molecule has 1 unspecified atom stereocenters. The van der Waals surface area contributed by atoms with Crippen LogP contribution in [0, 0.1) is 11.3 Å². The maximum Gasteiger partial charge on any atom is 0.260 e.